The molecule has 0 aromatic rings. The zero-order valence-electron chi connectivity index (χ0n) is 7.53. The van der Waals surface area contributed by atoms with Crippen molar-refractivity contribution in [3.8, 4) is 0 Å². The molecule has 3 nitrogen and oxygen atoms in total. The SMILES string of the molecule is CC(C)(C)CNCCN[C]=O. The van der Waals surface area contributed by atoms with E-state index in [1.807, 2.05) is 0 Å². The number of nitrogens with one attached hydrogen (secondary N) is 2. The standard InChI is InChI=1S/C8H17N2O/c1-8(2,3)6-9-4-5-10-7-11/h9H,4-6H2,1-3H3,(H,10,11). The Balaban J connectivity index is 3.08. The van der Waals surface area contributed by atoms with Crippen LogP contribution in [0.15, 0.2) is 0 Å². The fraction of sp³-hybridized carbons (Fsp3) is 0.875. The van der Waals surface area contributed by atoms with Crippen LogP contribution in [0.1, 0.15) is 20.8 Å². The maximum atomic E-state index is 9.70. The van der Waals surface area contributed by atoms with Gasteiger partial charge in [0.25, 0.3) is 0 Å². The third kappa shape index (κ3) is 9.43. The second-order valence-corrected chi connectivity index (χ2v) is 3.77. The Morgan fingerprint density at radius 2 is 1.91 bits per heavy atom. The largest absolute Gasteiger partial charge is 0.347 e. The van der Waals surface area contributed by atoms with Gasteiger partial charge in [0.1, 0.15) is 0 Å². The summed E-state index contributed by atoms with van der Waals surface area (Å²) in [6.07, 6.45) is 1.63. The van der Waals surface area contributed by atoms with E-state index in [-0.39, 0.29) is 0 Å². The molecule has 0 aliphatic heterocycles. The third-order valence-corrected chi connectivity index (χ3v) is 1.15. The highest BCUT2D eigenvalue weighted by atomic mass is 16.1. The summed E-state index contributed by atoms with van der Waals surface area (Å²) in [7, 11) is 0. The molecule has 0 rings (SSSR count). The molecule has 2 N–H and O–H groups in total. The van der Waals surface area contributed by atoms with E-state index in [4.69, 9.17) is 0 Å². The van der Waals surface area contributed by atoms with Crippen LogP contribution in [0.3, 0.4) is 0 Å². The van der Waals surface area contributed by atoms with Gasteiger partial charge >= 0.3 is 6.41 Å². The van der Waals surface area contributed by atoms with Crippen molar-refractivity contribution >= 4 is 6.41 Å². The maximum absolute atomic E-state index is 9.70. The second-order valence-electron chi connectivity index (χ2n) is 3.77. The van der Waals surface area contributed by atoms with Gasteiger partial charge in [0.05, 0.1) is 0 Å². The second kappa shape index (κ2) is 5.13. The molecule has 0 unspecified atom stereocenters. The quantitative estimate of drug-likeness (QED) is 0.444. The van der Waals surface area contributed by atoms with Gasteiger partial charge in [-0.25, -0.2) is 0 Å². The highest BCUT2D eigenvalue weighted by molar-refractivity contribution is 5.46. The van der Waals surface area contributed by atoms with Gasteiger partial charge < -0.3 is 10.6 Å². The van der Waals surface area contributed by atoms with Crippen LogP contribution in [0.4, 0.5) is 0 Å². The van der Waals surface area contributed by atoms with Crippen molar-refractivity contribution in [1.29, 1.82) is 0 Å². The minimum Gasteiger partial charge on any atom is -0.347 e. The van der Waals surface area contributed by atoms with Gasteiger partial charge in [-0.2, -0.15) is 0 Å². The van der Waals surface area contributed by atoms with Crippen LogP contribution < -0.4 is 10.6 Å². The summed E-state index contributed by atoms with van der Waals surface area (Å²) in [5.41, 5.74) is 0.310. The van der Waals surface area contributed by atoms with Crippen LogP contribution in [0.25, 0.3) is 0 Å². The molecule has 0 bridgehead atoms. The summed E-state index contributed by atoms with van der Waals surface area (Å²) in [4.78, 5) is 9.70. The van der Waals surface area contributed by atoms with Crippen molar-refractivity contribution in [1.82, 2.24) is 10.6 Å². The highest BCUT2D eigenvalue weighted by Crippen LogP contribution is 2.09. The van der Waals surface area contributed by atoms with E-state index in [0.29, 0.717) is 12.0 Å². The van der Waals surface area contributed by atoms with Gasteiger partial charge in [-0.3, -0.25) is 4.79 Å². The molecule has 0 aliphatic carbocycles. The van der Waals surface area contributed by atoms with E-state index in [1.165, 1.54) is 0 Å². The lowest BCUT2D eigenvalue weighted by atomic mass is 9.97. The van der Waals surface area contributed by atoms with Crippen LogP contribution in [0.5, 0.6) is 0 Å². The van der Waals surface area contributed by atoms with Gasteiger partial charge in [-0.15, -0.1) is 0 Å². The molecule has 0 fully saturated rings. The number of carbonyl (C=O) groups excluding carboxylic acids is 1. The predicted octanol–water partition coefficient (Wildman–Crippen LogP) is 0.279. The van der Waals surface area contributed by atoms with Gasteiger partial charge in [0.2, 0.25) is 0 Å². The molecular formula is C8H17N2O. The minimum absolute atomic E-state index is 0.310. The van der Waals surface area contributed by atoms with E-state index in [1.54, 1.807) is 6.41 Å². The first-order valence-electron chi connectivity index (χ1n) is 3.87. The van der Waals surface area contributed by atoms with Crippen LogP contribution in [-0.4, -0.2) is 26.0 Å². The van der Waals surface area contributed by atoms with Crippen molar-refractivity contribution in [2.75, 3.05) is 19.6 Å². The molecule has 0 atom stereocenters. The van der Waals surface area contributed by atoms with Gasteiger partial charge in [0.15, 0.2) is 0 Å². The first kappa shape index (κ1) is 10.4. The van der Waals surface area contributed by atoms with Gasteiger partial charge in [0, 0.05) is 19.6 Å². The lowest BCUT2D eigenvalue weighted by Crippen LogP contribution is -2.32. The average molecular weight is 157 g/mol. The smallest absolute Gasteiger partial charge is 0.309 e. The predicted molar refractivity (Wildman–Crippen MR) is 46.0 cm³/mol. The molecular weight excluding hydrogens is 140 g/mol. The Bertz CT molecular complexity index is 107. The van der Waals surface area contributed by atoms with Crippen LogP contribution in [0, 0.1) is 5.41 Å². The number of rotatable bonds is 5. The molecule has 11 heavy (non-hydrogen) atoms. The molecule has 0 aromatic carbocycles. The molecule has 0 heterocycles. The van der Waals surface area contributed by atoms with Crippen molar-refractivity contribution in [2.24, 2.45) is 5.41 Å². The number of hydrogen-bond acceptors (Lipinski definition) is 2. The minimum atomic E-state index is 0.310. The molecule has 0 aromatic heterocycles. The molecule has 0 saturated carbocycles. The molecule has 0 aliphatic rings. The summed E-state index contributed by atoms with van der Waals surface area (Å²) in [5, 5.41) is 5.69. The summed E-state index contributed by atoms with van der Waals surface area (Å²) in [5.74, 6) is 0. The Kier molecular flexibility index (Phi) is 4.86. The lowest BCUT2D eigenvalue weighted by Gasteiger charge is -2.18. The zero-order valence-corrected chi connectivity index (χ0v) is 7.53. The molecule has 1 amide bonds. The lowest BCUT2D eigenvalue weighted by molar-refractivity contribution is 0.381. The van der Waals surface area contributed by atoms with Crippen LogP contribution in [-0.2, 0) is 4.79 Å². The van der Waals surface area contributed by atoms with Gasteiger partial charge in [-0.1, -0.05) is 20.8 Å². The topological polar surface area (TPSA) is 41.1 Å². The van der Waals surface area contributed by atoms with Crippen molar-refractivity contribution in [3.63, 3.8) is 0 Å². The van der Waals surface area contributed by atoms with Crippen molar-refractivity contribution in [3.05, 3.63) is 0 Å². The van der Waals surface area contributed by atoms with E-state index < -0.39 is 0 Å². The Labute approximate surface area is 68.6 Å². The van der Waals surface area contributed by atoms with Crippen LogP contribution in [0.2, 0.25) is 0 Å². The number of amides is 1. The first-order chi connectivity index (χ1) is 5.06. The number of hydrogen-bond donors (Lipinski definition) is 2. The van der Waals surface area contributed by atoms with Crippen molar-refractivity contribution in [2.45, 2.75) is 20.8 Å². The summed E-state index contributed by atoms with van der Waals surface area (Å²) >= 11 is 0. The normalized spacial score (nSPS) is 11.2. The monoisotopic (exact) mass is 157 g/mol. The average Bonchev–Trinajstić information content (AvgIpc) is 1.85. The maximum Gasteiger partial charge on any atom is 0.309 e. The summed E-state index contributed by atoms with van der Waals surface area (Å²) < 4.78 is 0. The fourth-order valence-corrected chi connectivity index (χ4v) is 0.665. The van der Waals surface area contributed by atoms with Crippen molar-refractivity contribution < 1.29 is 4.79 Å². The molecule has 65 valence electrons. The Hall–Kier alpha value is -0.570. The van der Waals surface area contributed by atoms with E-state index in [0.717, 1.165) is 13.1 Å². The summed E-state index contributed by atoms with van der Waals surface area (Å²) in [6, 6.07) is 0. The molecule has 0 spiro atoms. The highest BCUT2D eigenvalue weighted by Gasteiger charge is 2.07. The Morgan fingerprint density at radius 3 is 2.36 bits per heavy atom. The van der Waals surface area contributed by atoms with Gasteiger partial charge in [-0.05, 0) is 5.41 Å². The fourth-order valence-electron chi connectivity index (χ4n) is 0.665. The third-order valence-electron chi connectivity index (χ3n) is 1.15. The molecule has 3 heteroatoms. The van der Waals surface area contributed by atoms with E-state index in [2.05, 4.69) is 31.4 Å². The van der Waals surface area contributed by atoms with Crippen LogP contribution >= 0.6 is 0 Å². The zero-order chi connectivity index (χ0) is 8.74. The van der Waals surface area contributed by atoms with E-state index >= 15 is 0 Å². The first-order valence-corrected chi connectivity index (χ1v) is 3.87. The Morgan fingerprint density at radius 1 is 1.27 bits per heavy atom. The summed E-state index contributed by atoms with van der Waals surface area (Å²) in [6.45, 7) is 8.93. The molecule has 1 radical (unpaired) electrons. The molecule has 0 saturated heterocycles. The van der Waals surface area contributed by atoms with E-state index in [9.17, 15) is 4.79 Å².